The average Bonchev–Trinajstić information content (AvgIpc) is 2.64. The number of hydrogen-bond acceptors (Lipinski definition) is 3. The number of hydrogen-bond donors (Lipinski definition) is 0. The molecule has 0 radical (unpaired) electrons. The molecule has 0 N–H and O–H groups in total. The molecular weight excluding hydrogens is 343 g/mol. The standard InChI is InChI=1S/C14H23IO3/c1-2-17-14(16)11-8-12(15)13(9-11)18-7-6-10-4-3-5-10/h10-13H,2-9H2,1H3. The first-order valence-corrected chi connectivity index (χ1v) is 8.37. The second kappa shape index (κ2) is 7.08. The molecule has 2 aliphatic carbocycles. The molecule has 0 aliphatic heterocycles. The lowest BCUT2D eigenvalue weighted by molar-refractivity contribution is -0.148. The summed E-state index contributed by atoms with van der Waals surface area (Å²) in [6, 6.07) is 0. The van der Waals surface area contributed by atoms with Crippen molar-refractivity contribution < 1.29 is 14.3 Å². The molecule has 0 heterocycles. The van der Waals surface area contributed by atoms with Crippen LogP contribution in [-0.2, 0) is 14.3 Å². The van der Waals surface area contributed by atoms with Gasteiger partial charge in [0.15, 0.2) is 0 Å². The molecule has 0 amide bonds. The summed E-state index contributed by atoms with van der Waals surface area (Å²) in [5.74, 6) is 0.921. The highest BCUT2D eigenvalue weighted by Crippen LogP contribution is 2.35. The van der Waals surface area contributed by atoms with Gasteiger partial charge in [0, 0.05) is 10.5 Å². The van der Waals surface area contributed by atoms with Crippen LogP contribution in [0, 0.1) is 11.8 Å². The Kier molecular flexibility index (Phi) is 5.73. The lowest BCUT2D eigenvalue weighted by Crippen LogP contribution is -2.21. The summed E-state index contributed by atoms with van der Waals surface area (Å²) < 4.78 is 11.5. The van der Waals surface area contributed by atoms with Crippen LogP contribution in [0.15, 0.2) is 0 Å². The largest absolute Gasteiger partial charge is 0.466 e. The minimum absolute atomic E-state index is 0.0377. The maximum atomic E-state index is 11.7. The molecule has 104 valence electrons. The second-order valence-electron chi connectivity index (χ2n) is 5.43. The van der Waals surface area contributed by atoms with E-state index in [1.54, 1.807) is 0 Å². The van der Waals surface area contributed by atoms with E-state index in [2.05, 4.69) is 22.6 Å². The Bertz CT molecular complexity index is 278. The summed E-state index contributed by atoms with van der Waals surface area (Å²) in [5, 5.41) is 0. The first kappa shape index (κ1) is 14.6. The first-order chi connectivity index (χ1) is 8.70. The van der Waals surface area contributed by atoms with Crippen molar-refractivity contribution in [2.75, 3.05) is 13.2 Å². The fraction of sp³-hybridized carbons (Fsp3) is 0.929. The van der Waals surface area contributed by atoms with Crippen molar-refractivity contribution in [3.63, 3.8) is 0 Å². The van der Waals surface area contributed by atoms with Crippen LogP contribution < -0.4 is 0 Å². The summed E-state index contributed by atoms with van der Waals surface area (Å²) in [6.07, 6.45) is 7.36. The molecular formula is C14H23IO3. The topological polar surface area (TPSA) is 35.5 Å². The Labute approximate surface area is 123 Å². The Balaban J connectivity index is 1.67. The van der Waals surface area contributed by atoms with Gasteiger partial charge in [-0.3, -0.25) is 4.79 Å². The van der Waals surface area contributed by atoms with Crippen LogP contribution in [0.2, 0.25) is 0 Å². The molecule has 3 nitrogen and oxygen atoms in total. The van der Waals surface area contributed by atoms with E-state index in [1.807, 2.05) is 6.92 Å². The van der Waals surface area contributed by atoms with Gasteiger partial charge in [-0.15, -0.1) is 0 Å². The Morgan fingerprint density at radius 1 is 1.33 bits per heavy atom. The highest BCUT2D eigenvalue weighted by Gasteiger charge is 2.38. The van der Waals surface area contributed by atoms with Gasteiger partial charge < -0.3 is 9.47 Å². The molecule has 18 heavy (non-hydrogen) atoms. The SMILES string of the molecule is CCOC(=O)C1CC(I)C(OCCC2CCC2)C1. The van der Waals surface area contributed by atoms with Gasteiger partial charge in [-0.2, -0.15) is 0 Å². The number of esters is 1. The lowest BCUT2D eigenvalue weighted by atomic mass is 9.83. The maximum Gasteiger partial charge on any atom is 0.309 e. The Morgan fingerprint density at radius 3 is 2.72 bits per heavy atom. The number of ether oxygens (including phenoxy) is 2. The summed E-state index contributed by atoms with van der Waals surface area (Å²) >= 11 is 2.42. The molecule has 0 spiro atoms. The summed E-state index contributed by atoms with van der Waals surface area (Å²) in [4.78, 5) is 11.7. The van der Waals surface area contributed by atoms with Gasteiger partial charge >= 0.3 is 5.97 Å². The molecule has 0 aromatic heterocycles. The fourth-order valence-electron chi connectivity index (χ4n) is 2.74. The third-order valence-electron chi connectivity index (χ3n) is 4.13. The van der Waals surface area contributed by atoms with Crippen molar-refractivity contribution in [2.24, 2.45) is 11.8 Å². The molecule has 2 rings (SSSR count). The predicted molar refractivity (Wildman–Crippen MR) is 78.9 cm³/mol. The third kappa shape index (κ3) is 3.83. The van der Waals surface area contributed by atoms with Crippen LogP contribution >= 0.6 is 22.6 Å². The van der Waals surface area contributed by atoms with Gasteiger partial charge in [0.25, 0.3) is 0 Å². The predicted octanol–water partition coefficient (Wildman–Crippen LogP) is 3.34. The maximum absolute atomic E-state index is 11.7. The van der Waals surface area contributed by atoms with Crippen molar-refractivity contribution in [2.45, 2.75) is 55.5 Å². The van der Waals surface area contributed by atoms with E-state index in [0.717, 1.165) is 25.4 Å². The highest BCUT2D eigenvalue weighted by molar-refractivity contribution is 14.1. The molecule has 2 aliphatic rings. The third-order valence-corrected chi connectivity index (χ3v) is 5.44. The zero-order valence-electron chi connectivity index (χ0n) is 11.1. The smallest absolute Gasteiger partial charge is 0.309 e. The minimum Gasteiger partial charge on any atom is -0.466 e. The van der Waals surface area contributed by atoms with Gasteiger partial charge in [0.05, 0.1) is 18.6 Å². The molecule has 4 heteroatoms. The van der Waals surface area contributed by atoms with Crippen molar-refractivity contribution in [1.82, 2.24) is 0 Å². The molecule has 3 atom stereocenters. The van der Waals surface area contributed by atoms with Crippen LogP contribution in [0.3, 0.4) is 0 Å². The van der Waals surface area contributed by atoms with E-state index in [-0.39, 0.29) is 18.0 Å². The number of alkyl halides is 1. The van der Waals surface area contributed by atoms with Crippen LogP contribution in [0.1, 0.15) is 45.4 Å². The van der Waals surface area contributed by atoms with E-state index < -0.39 is 0 Å². The van der Waals surface area contributed by atoms with Crippen molar-refractivity contribution in [1.29, 1.82) is 0 Å². The monoisotopic (exact) mass is 366 g/mol. The first-order valence-electron chi connectivity index (χ1n) is 7.13. The zero-order chi connectivity index (χ0) is 13.0. The van der Waals surface area contributed by atoms with E-state index in [1.165, 1.54) is 25.7 Å². The quantitative estimate of drug-likeness (QED) is 0.411. The number of carbonyl (C=O) groups is 1. The van der Waals surface area contributed by atoms with Crippen LogP contribution in [-0.4, -0.2) is 29.2 Å². The minimum atomic E-state index is -0.0377. The van der Waals surface area contributed by atoms with E-state index in [0.29, 0.717) is 10.5 Å². The molecule has 0 bridgehead atoms. The van der Waals surface area contributed by atoms with Gasteiger partial charge in [0.1, 0.15) is 0 Å². The molecule has 0 aromatic rings. The van der Waals surface area contributed by atoms with Gasteiger partial charge in [0.2, 0.25) is 0 Å². The van der Waals surface area contributed by atoms with Crippen LogP contribution in [0.25, 0.3) is 0 Å². The van der Waals surface area contributed by atoms with Crippen molar-refractivity contribution in [3.05, 3.63) is 0 Å². The zero-order valence-corrected chi connectivity index (χ0v) is 13.2. The van der Waals surface area contributed by atoms with Crippen molar-refractivity contribution in [3.8, 4) is 0 Å². The van der Waals surface area contributed by atoms with Crippen molar-refractivity contribution >= 4 is 28.6 Å². The highest BCUT2D eigenvalue weighted by atomic mass is 127. The molecule has 0 saturated heterocycles. The molecule has 2 fully saturated rings. The number of halogens is 1. The second-order valence-corrected chi connectivity index (χ2v) is 7.03. The number of rotatable bonds is 6. The van der Waals surface area contributed by atoms with Gasteiger partial charge in [-0.05, 0) is 32.1 Å². The average molecular weight is 366 g/mol. The molecule has 3 unspecified atom stereocenters. The van der Waals surface area contributed by atoms with Crippen LogP contribution in [0.4, 0.5) is 0 Å². The van der Waals surface area contributed by atoms with E-state index >= 15 is 0 Å². The Morgan fingerprint density at radius 2 is 2.11 bits per heavy atom. The summed E-state index contributed by atoms with van der Waals surface area (Å²) in [7, 11) is 0. The molecule has 2 saturated carbocycles. The Hall–Kier alpha value is 0.160. The lowest BCUT2D eigenvalue weighted by Gasteiger charge is -2.26. The van der Waals surface area contributed by atoms with Crippen LogP contribution in [0.5, 0.6) is 0 Å². The van der Waals surface area contributed by atoms with E-state index in [9.17, 15) is 4.79 Å². The van der Waals surface area contributed by atoms with E-state index in [4.69, 9.17) is 9.47 Å². The van der Waals surface area contributed by atoms with Gasteiger partial charge in [-0.1, -0.05) is 41.9 Å². The van der Waals surface area contributed by atoms with Gasteiger partial charge in [-0.25, -0.2) is 0 Å². The fourth-order valence-corrected chi connectivity index (χ4v) is 3.86. The number of carbonyl (C=O) groups excluding carboxylic acids is 1. The molecule has 0 aromatic carbocycles. The summed E-state index contributed by atoms with van der Waals surface area (Å²) in [5.41, 5.74) is 0. The summed E-state index contributed by atoms with van der Waals surface area (Å²) in [6.45, 7) is 3.21. The normalized spacial score (nSPS) is 32.2.